The molecule has 1 aliphatic carbocycles. The lowest BCUT2D eigenvalue weighted by Crippen LogP contribution is -2.57. The number of carbonyl (C=O) groups is 2. The minimum Gasteiger partial charge on any atom is -0.437 e. The van der Waals surface area contributed by atoms with Gasteiger partial charge in [0.1, 0.15) is 11.2 Å². The molecule has 1 unspecified atom stereocenters. The number of carbonyl (C=O) groups excluding carboxylic acids is 2. The van der Waals surface area contributed by atoms with Crippen molar-refractivity contribution in [2.75, 3.05) is 19.6 Å². The SMILES string of the molecule is CC(OC(=O)N1CCC2(CCCN2C(=O)C2(c3ncc(F)cn3)CC2)CC1)C(F)(F)F. The van der Waals surface area contributed by atoms with Crippen LogP contribution in [-0.2, 0) is 14.9 Å². The number of alkyl halides is 3. The second-order valence-corrected chi connectivity index (χ2v) is 8.65. The highest BCUT2D eigenvalue weighted by Crippen LogP contribution is 2.51. The lowest BCUT2D eigenvalue weighted by atomic mass is 9.84. The molecule has 4 rings (SSSR count). The molecule has 11 heteroatoms. The predicted octanol–water partition coefficient (Wildman–Crippen LogP) is 3.19. The first-order valence-corrected chi connectivity index (χ1v) is 10.4. The third-order valence-corrected chi connectivity index (χ3v) is 6.74. The molecule has 1 spiro atoms. The molecule has 7 nitrogen and oxygen atoms in total. The van der Waals surface area contributed by atoms with Crippen molar-refractivity contribution in [3.63, 3.8) is 0 Å². The quantitative estimate of drug-likeness (QED) is 0.670. The number of hydrogen-bond donors (Lipinski definition) is 0. The van der Waals surface area contributed by atoms with E-state index in [2.05, 4.69) is 14.7 Å². The fourth-order valence-electron chi connectivity index (χ4n) is 4.65. The molecule has 1 aromatic rings. The first kappa shape index (κ1) is 21.8. The fraction of sp³-hybridized carbons (Fsp3) is 0.700. The van der Waals surface area contributed by atoms with E-state index in [9.17, 15) is 27.2 Å². The first-order chi connectivity index (χ1) is 14.6. The Hall–Kier alpha value is -2.46. The van der Waals surface area contributed by atoms with Crippen LogP contribution in [-0.4, -0.2) is 69.2 Å². The molecular formula is C20H24F4N4O3. The highest BCUT2D eigenvalue weighted by atomic mass is 19.4. The van der Waals surface area contributed by atoms with E-state index < -0.39 is 35.1 Å². The summed E-state index contributed by atoms with van der Waals surface area (Å²) >= 11 is 0. The maximum atomic E-state index is 13.5. The minimum atomic E-state index is -4.61. The van der Waals surface area contributed by atoms with Crippen LogP contribution in [0.3, 0.4) is 0 Å². The number of hydrogen-bond acceptors (Lipinski definition) is 5. The van der Waals surface area contributed by atoms with Gasteiger partial charge in [-0.1, -0.05) is 0 Å². The molecule has 0 N–H and O–H groups in total. The lowest BCUT2D eigenvalue weighted by molar-refractivity contribution is -0.200. The van der Waals surface area contributed by atoms with Crippen molar-refractivity contribution >= 4 is 12.0 Å². The van der Waals surface area contributed by atoms with E-state index in [1.54, 1.807) is 0 Å². The standard InChI is InChI=1S/C20H24F4N4O3/c1-13(20(22,23)24)31-17(30)27-9-6-18(7-10-27)3-2-8-28(18)16(29)19(4-5-19)15-25-11-14(21)12-26-15/h11-13H,2-10H2,1H3. The highest BCUT2D eigenvalue weighted by Gasteiger charge is 2.59. The summed E-state index contributed by atoms with van der Waals surface area (Å²) in [6.07, 6.45) is -1.97. The zero-order chi connectivity index (χ0) is 22.4. The van der Waals surface area contributed by atoms with E-state index in [1.807, 2.05) is 4.90 Å². The van der Waals surface area contributed by atoms with Gasteiger partial charge in [0.05, 0.1) is 12.4 Å². The van der Waals surface area contributed by atoms with Crippen LogP contribution in [0.5, 0.6) is 0 Å². The van der Waals surface area contributed by atoms with E-state index in [0.29, 0.717) is 38.1 Å². The molecule has 0 radical (unpaired) electrons. The van der Waals surface area contributed by atoms with E-state index in [4.69, 9.17) is 0 Å². The normalized spacial score (nSPS) is 23.0. The van der Waals surface area contributed by atoms with Gasteiger partial charge < -0.3 is 14.5 Å². The monoisotopic (exact) mass is 444 g/mol. The van der Waals surface area contributed by atoms with E-state index in [-0.39, 0.29) is 19.0 Å². The van der Waals surface area contributed by atoms with Crippen LogP contribution >= 0.6 is 0 Å². The Bertz CT molecular complexity index is 849. The van der Waals surface area contributed by atoms with Crippen molar-refractivity contribution in [3.8, 4) is 0 Å². The Morgan fingerprint density at radius 1 is 1.06 bits per heavy atom. The first-order valence-electron chi connectivity index (χ1n) is 10.4. The largest absolute Gasteiger partial charge is 0.437 e. The summed E-state index contributed by atoms with van der Waals surface area (Å²) in [5, 5.41) is 0. The number of aromatic nitrogens is 2. The average Bonchev–Trinajstić information content (AvgIpc) is 3.44. The van der Waals surface area contributed by atoms with Crippen molar-refractivity contribution in [1.29, 1.82) is 0 Å². The number of amides is 2. The van der Waals surface area contributed by atoms with Crippen LogP contribution in [0.15, 0.2) is 12.4 Å². The van der Waals surface area contributed by atoms with Gasteiger partial charge in [0, 0.05) is 25.2 Å². The molecule has 1 saturated carbocycles. The van der Waals surface area contributed by atoms with Gasteiger partial charge in [-0.2, -0.15) is 13.2 Å². The molecular weight excluding hydrogens is 420 g/mol. The molecule has 2 saturated heterocycles. The predicted molar refractivity (Wildman–Crippen MR) is 99.4 cm³/mol. The molecule has 2 aliphatic heterocycles. The Morgan fingerprint density at radius 3 is 2.23 bits per heavy atom. The summed E-state index contributed by atoms with van der Waals surface area (Å²) in [6.45, 7) is 1.80. The van der Waals surface area contributed by atoms with Crippen molar-refractivity contribution in [2.45, 2.75) is 68.7 Å². The molecule has 1 aromatic heterocycles. The summed E-state index contributed by atoms with van der Waals surface area (Å²) in [5.74, 6) is -0.329. The molecule has 2 amide bonds. The third kappa shape index (κ3) is 3.94. The fourth-order valence-corrected chi connectivity index (χ4v) is 4.65. The Morgan fingerprint density at radius 2 is 1.68 bits per heavy atom. The summed E-state index contributed by atoms with van der Waals surface area (Å²) < 4.78 is 55.7. The van der Waals surface area contributed by atoms with Gasteiger partial charge >= 0.3 is 12.3 Å². The molecule has 1 atom stereocenters. The van der Waals surface area contributed by atoms with Gasteiger partial charge in [0.2, 0.25) is 5.91 Å². The van der Waals surface area contributed by atoms with Crippen molar-refractivity contribution in [1.82, 2.24) is 19.8 Å². The van der Waals surface area contributed by atoms with Gasteiger partial charge in [0.25, 0.3) is 0 Å². The summed E-state index contributed by atoms with van der Waals surface area (Å²) in [4.78, 5) is 36.8. The molecule has 3 fully saturated rings. The van der Waals surface area contributed by atoms with E-state index >= 15 is 0 Å². The van der Waals surface area contributed by atoms with E-state index in [1.165, 1.54) is 4.90 Å². The maximum absolute atomic E-state index is 13.5. The van der Waals surface area contributed by atoms with Crippen molar-refractivity contribution in [3.05, 3.63) is 24.0 Å². The lowest BCUT2D eigenvalue weighted by Gasteiger charge is -2.45. The smallest absolute Gasteiger partial charge is 0.425 e. The van der Waals surface area contributed by atoms with E-state index in [0.717, 1.165) is 32.2 Å². The second-order valence-electron chi connectivity index (χ2n) is 8.65. The summed E-state index contributed by atoms with van der Waals surface area (Å²) in [6, 6.07) is 0. The van der Waals surface area contributed by atoms with Gasteiger partial charge in [0.15, 0.2) is 11.9 Å². The zero-order valence-electron chi connectivity index (χ0n) is 17.1. The Balaban J connectivity index is 1.43. The minimum absolute atomic E-state index is 0.0849. The molecule has 0 aromatic carbocycles. The molecule has 31 heavy (non-hydrogen) atoms. The average molecular weight is 444 g/mol. The molecule has 170 valence electrons. The van der Waals surface area contributed by atoms with Crippen LogP contribution in [0, 0.1) is 5.82 Å². The van der Waals surface area contributed by atoms with Gasteiger partial charge in [-0.25, -0.2) is 19.2 Å². The van der Waals surface area contributed by atoms with Gasteiger partial charge in [-0.15, -0.1) is 0 Å². The second kappa shape index (κ2) is 7.59. The Labute approximate surface area is 176 Å². The van der Waals surface area contributed by atoms with Crippen LogP contribution in [0.4, 0.5) is 22.4 Å². The molecule has 3 heterocycles. The number of nitrogens with zero attached hydrogens (tertiary/aromatic N) is 4. The van der Waals surface area contributed by atoms with Gasteiger partial charge in [-0.3, -0.25) is 4.79 Å². The summed E-state index contributed by atoms with van der Waals surface area (Å²) in [7, 11) is 0. The molecule has 0 bridgehead atoms. The molecule has 3 aliphatic rings. The van der Waals surface area contributed by atoms with Crippen LogP contribution in [0.25, 0.3) is 0 Å². The number of halogens is 4. The number of piperidine rings is 1. The summed E-state index contributed by atoms with van der Waals surface area (Å²) in [5.41, 5.74) is -1.28. The number of ether oxygens (including phenoxy) is 1. The topological polar surface area (TPSA) is 75.6 Å². The number of rotatable bonds is 3. The van der Waals surface area contributed by atoms with Crippen molar-refractivity contribution < 1.29 is 31.9 Å². The van der Waals surface area contributed by atoms with Crippen molar-refractivity contribution in [2.24, 2.45) is 0 Å². The number of likely N-dealkylation sites (tertiary alicyclic amines) is 2. The highest BCUT2D eigenvalue weighted by molar-refractivity contribution is 5.91. The maximum Gasteiger partial charge on any atom is 0.425 e. The van der Waals surface area contributed by atoms with Crippen LogP contribution < -0.4 is 0 Å². The third-order valence-electron chi connectivity index (χ3n) is 6.74. The Kier molecular flexibility index (Phi) is 5.33. The van der Waals surface area contributed by atoms with Crippen LogP contribution in [0.2, 0.25) is 0 Å². The van der Waals surface area contributed by atoms with Crippen LogP contribution in [0.1, 0.15) is 51.3 Å². The van der Waals surface area contributed by atoms with Gasteiger partial charge in [-0.05, 0) is 45.4 Å². The zero-order valence-corrected chi connectivity index (χ0v) is 17.1.